The number of rotatable bonds is 4. The number of Topliss-reactive ketones (excluding diaryl/α,β-unsaturated/α-hetero) is 1. The van der Waals surface area contributed by atoms with E-state index in [1.165, 1.54) is 4.90 Å². The minimum Gasteiger partial charge on any atom is -0.444 e. The monoisotopic (exact) mass is 255 g/mol. The first-order chi connectivity index (χ1) is 8.33. The smallest absolute Gasteiger partial charge is 0.410 e. The van der Waals surface area contributed by atoms with E-state index in [1.54, 1.807) is 0 Å². The molecule has 104 valence electrons. The first-order valence-corrected chi connectivity index (χ1v) is 6.84. The second-order valence-electron chi connectivity index (χ2n) is 5.94. The topological polar surface area (TPSA) is 46.6 Å². The van der Waals surface area contributed by atoms with Crippen LogP contribution in [0.25, 0.3) is 0 Å². The Bertz CT molecular complexity index is 301. The average molecular weight is 255 g/mol. The van der Waals surface area contributed by atoms with Gasteiger partial charge >= 0.3 is 6.09 Å². The van der Waals surface area contributed by atoms with E-state index in [0.717, 1.165) is 25.7 Å². The fraction of sp³-hybridized carbons (Fsp3) is 0.857. The Morgan fingerprint density at radius 3 is 2.22 bits per heavy atom. The van der Waals surface area contributed by atoms with Crippen molar-refractivity contribution in [1.82, 2.24) is 4.90 Å². The van der Waals surface area contributed by atoms with Crippen LogP contribution in [0.5, 0.6) is 0 Å². The molecule has 0 bridgehead atoms. The van der Waals surface area contributed by atoms with Gasteiger partial charge in [0.1, 0.15) is 5.60 Å². The van der Waals surface area contributed by atoms with Crippen LogP contribution < -0.4 is 0 Å². The summed E-state index contributed by atoms with van der Waals surface area (Å²) in [6.45, 7) is 8.06. The number of hydrogen-bond acceptors (Lipinski definition) is 3. The number of likely N-dealkylation sites (N-methyl/N-ethyl adjacent to an activating group) is 1. The number of amides is 1. The third-order valence-corrected chi connectivity index (χ3v) is 3.19. The van der Waals surface area contributed by atoms with Crippen molar-refractivity contribution >= 4 is 11.9 Å². The van der Waals surface area contributed by atoms with Gasteiger partial charge < -0.3 is 9.64 Å². The number of hydrogen-bond donors (Lipinski definition) is 0. The Morgan fingerprint density at radius 2 is 1.78 bits per heavy atom. The van der Waals surface area contributed by atoms with Crippen LogP contribution in [-0.2, 0) is 9.53 Å². The van der Waals surface area contributed by atoms with Crippen molar-refractivity contribution in [3.05, 3.63) is 0 Å². The van der Waals surface area contributed by atoms with Crippen LogP contribution in [0.3, 0.4) is 0 Å². The second-order valence-corrected chi connectivity index (χ2v) is 5.94. The van der Waals surface area contributed by atoms with Gasteiger partial charge in [-0.2, -0.15) is 0 Å². The maximum Gasteiger partial charge on any atom is 0.410 e. The third-order valence-electron chi connectivity index (χ3n) is 3.19. The molecule has 0 atom stereocenters. The molecular formula is C14H25NO3. The lowest BCUT2D eigenvalue weighted by Crippen LogP contribution is -2.40. The Hall–Kier alpha value is -1.06. The van der Waals surface area contributed by atoms with E-state index in [-0.39, 0.29) is 18.2 Å². The summed E-state index contributed by atoms with van der Waals surface area (Å²) in [6.07, 6.45) is 3.83. The number of ether oxygens (including phenoxy) is 1. The van der Waals surface area contributed by atoms with Gasteiger partial charge in [0.25, 0.3) is 0 Å². The summed E-state index contributed by atoms with van der Waals surface area (Å²) in [7, 11) is 0. The normalized spacial score (nSPS) is 16.7. The van der Waals surface area contributed by atoms with Gasteiger partial charge in [0, 0.05) is 12.5 Å². The van der Waals surface area contributed by atoms with Crippen molar-refractivity contribution in [1.29, 1.82) is 0 Å². The fourth-order valence-corrected chi connectivity index (χ4v) is 2.20. The molecule has 0 radical (unpaired) electrons. The molecular weight excluding hydrogens is 230 g/mol. The molecule has 4 heteroatoms. The first-order valence-electron chi connectivity index (χ1n) is 6.84. The van der Waals surface area contributed by atoms with Gasteiger partial charge in [-0.1, -0.05) is 12.8 Å². The number of carbonyl (C=O) groups excluding carboxylic acids is 2. The lowest BCUT2D eigenvalue weighted by atomic mass is 10.0. The van der Waals surface area contributed by atoms with Gasteiger partial charge in [-0.3, -0.25) is 4.79 Å². The van der Waals surface area contributed by atoms with Gasteiger partial charge in [-0.05, 0) is 40.5 Å². The molecule has 0 aromatic heterocycles. The highest BCUT2D eigenvalue weighted by molar-refractivity contribution is 5.86. The molecule has 0 aromatic carbocycles. The van der Waals surface area contributed by atoms with Crippen molar-refractivity contribution in [2.75, 3.05) is 13.1 Å². The van der Waals surface area contributed by atoms with Gasteiger partial charge in [0.2, 0.25) is 0 Å². The van der Waals surface area contributed by atoms with Crippen LogP contribution in [0.4, 0.5) is 4.79 Å². The standard InChI is InChI=1S/C14H25NO3/c1-5-15(13(17)18-14(2,3)4)10-12(16)11-8-6-7-9-11/h11H,5-10H2,1-4H3. The summed E-state index contributed by atoms with van der Waals surface area (Å²) in [5, 5.41) is 0. The predicted octanol–water partition coefficient (Wildman–Crippen LogP) is 3.00. The fourth-order valence-electron chi connectivity index (χ4n) is 2.20. The predicted molar refractivity (Wildman–Crippen MR) is 70.4 cm³/mol. The molecule has 4 nitrogen and oxygen atoms in total. The van der Waals surface area contributed by atoms with Gasteiger partial charge in [0.15, 0.2) is 5.78 Å². The average Bonchev–Trinajstić information content (AvgIpc) is 2.76. The van der Waals surface area contributed by atoms with Crippen molar-refractivity contribution in [3.8, 4) is 0 Å². The number of nitrogens with zero attached hydrogens (tertiary/aromatic N) is 1. The molecule has 0 N–H and O–H groups in total. The molecule has 0 aliphatic heterocycles. The molecule has 1 rings (SSSR count). The SMILES string of the molecule is CCN(CC(=O)C1CCCC1)C(=O)OC(C)(C)C. The molecule has 1 amide bonds. The molecule has 0 saturated heterocycles. The molecule has 0 spiro atoms. The number of ketones is 1. The van der Waals surface area contributed by atoms with Crippen LogP contribution in [0, 0.1) is 5.92 Å². The zero-order valence-electron chi connectivity index (χ0n) is 12.0. The zero-order chi connectivity index (χ0) is 13.8. The summed E-state index contributed by atoms with van der Waals surface area (Å²) in [4.78, 5) is 25.4. The molecule has 0 aromatic rings. The van der Waals surface area contributed by atoms with E-state index in [1.807, 2.05) is 27.7 Å². The van der Waals surface area contributed by atoms with E-state index in [0.29, 0.717) is 6.54 Å². The maximum atomic E-state index is 12.0. The molecule has 0 heterocycles. The van der Waals surface area contributed by atoms with E-state index < -0.39 is 11.7 Å². The maximum absolute atomic E-state index is 12.0. The van der Waals surface area contributed by atoms with Crippen LogP contribution in [-0.4, -0.2) is 35.5 Å². The van der Waals surface area contributed by atoms with E-state index in [4.69, 9.17) is 4.74 Å². The lowest BCUT2D eigenvalue weighted by molar-refractivity contribution is -0.123. The molecule has 1 fully saturated rings. The van der Waals surface area contributed by atoms with Gasteiger partial charge in [0.05, 0.1) is 6.54 Å². The second kappa shape index (κ2) is 6.21. The van der Waals surface area contributed by atoms with Crippen LogP contribution in [0.15, 0.2) is 0 Å². The molecule has 1 aliphatic rings. The number of carbonyl (C=O) groups is 2. The Balaban J connectivity index is 2.50. The molecule has 1 aliphatic carbocycles. The summed E-state index contributed by atoms with van der Waals surface area (Å²) >= 11 is 0. The van der Waals surface area contributed by atoms with Crippen molar-refractivity contribution < 1.29 is 14.3 Å². The third kappa shape index (κ3) is 4.67. The highest BCUT2D eigenvalue weighted by Gasteiger charge is 2.27. The highest BCUT2D eigenvalue weighted by atomic mass is 16.6. The zero-order valence-corrected chi connectivity index (χ0v) is 12.0. The largest absolute Gasteiger partial charge is 0.444 e. The van der Waals surface area contributed by atoms with E-state index >= 15 is 0 Å². The van der Waals surface area contributed by atoms with Crippen LogP contribution in [0.1, 0.15) is 53.4 Å². The lowest BCUT2D eigenvalue weighted by Gasteiger charge is -2.26. The Kier molecular flexibility index (Phi) is 5.17. The summed E-state index contributed by atoms with van der Waals surface area (Å²) in [5.74, 6) is 0.335. The van der Waals surface area contributed by atoms with Crippen molar-refractivity contribution in [3.63, 3.8) is 0 Å². The van der Waals surface area contributed by atoms with Gasteiger partial charge in [-0.25, -0.2) is 4.79 Å². The Morgan fingerprint density at radius 1 is 1.22 bits per heavy atom. The summed E-state index contributed by atoms with van der Waals surface area (Å²) < 4.78 is 5.29. The van der Waals surface area contributed by atoms with Crippen LogP contribution >= 0.6 is 0 Å². The summed E-state index contributed by atoms with van der Waals surface area (Å²) in [5.41, 5.74) is -0.513. The van der Waals surface area contributed by atoms with Crippen molar-refractivity contribution in [2.24, 2.45) is 5.92 Å². The minimum absolute atomic E-state index is 0.154. The highest BCUT2D eigenvalue weighted by Crippen LogP contribution is 2.25. The van der Waals surface area contributed by atoms with E-state index in [2.05, 4.69) is 0 Å². The van der Waals surface area contributed by atoms with E-state index in [9.17, 15) is 9.59 Å². The van der Waals surface area contributed by atoms with Crippen molar-refractivity contribution in [2.45, 2.75) is 59.0 Å². The summed E-state index contributed by atoms with van der Waals surface area (Å²) in [6, 6.07) is 0. The first kappa shape index (κ1) is 15.0. The van der Waals surface area contributed by atoms with Gasteiger partial charge in [-0.15, -0.1) is 0 Å². The minimum atomic E-state index is -0.513. The molecule has 1 saturated carbocycles. The van der Waals surface area contributed by atoms with Crippen LogP contribution in [0.2, 0.25) is 0 Å². The quantitative estimate of drug-likeness (QED) is 0.775. The Labute approximate surface area is 110 Å². The molecule has 18 heavy (non-hydrogen) atoms. The molecule has 0 unspecified atom stereocenters.